The Morgan fingerprint density at radius 1 is 1.19 bits per heavy atom. The summed E-state index contributed by atoms with van der Waals surface area (Å²) in [7, 11) is 0. The predicted octanol–water partition coefficient (Wildman–Crippen LogP) is 4.75. The van der Waals surface area contributed by atoms with Gasteiger partial charge in [0.1, 0.15) is 5.75 Å². The Kier molecular flexibility index (Phi) is 5.37. The Hall–Kier alpha value is -1.39. The minimum Gasteiger partial charge on any atom is -0.439 e. The van der Waals surface area contributed by atoms with Crippen LogP contribution in [-0.2, 0) is 6.54 Å². The van der Waals surface area contributed by atoms with Gasteiger partial charge in [-0.2, -0.15) is 0 Å². The molecule has 3 nitrogen and oxygen atoms in total. The molecule has 0 aliphatic carbocycles. The molecule has 112 valence electrons. The quantitative estimate of drug-likeness (QED) is 0.846. The molecule has 2 aromatic rings. The lowest BCUT2D eigenvalue weighted by Gasteiger charge is -2.11. The van der Waals surface area contributed by atoms with E-state index < -0.39 is 0 Å². The summed E-state index contributed by atoms with van der Waals surface area (Å²) in [4.78, 5) is 4.28. The van der Waals surface area contributed by atoms with Gasteiger partial charge in [0.15, 0.2) is 0 Å². The molecule has 0 amide bonds. The van der Waals surface area contributed by atoms with Crippen LogP contribution in [0.2, 0.25) is 0 Å². The molecule has 0 fully saturated rings. The van der Waals surface area contributed by atoms with Crippen molar-refractivity contribution < 1.29 is 4.74 Å². The zero-order chi connectivity index (χ0) is 15.4. The van der Waals surface area contributed by atoms with Crippen molar-refractivity contribution >= 4 is 15.9 Å². The fourth-order valence-electron chi connectivity index (χ4n) is 2.02. The fraction of sp³-hybridized carbons (Fsp3) is 0.353. The Balaban J connectivity index is 2.14. The summed E-state index contributed by atoms with van der Waals surface area (Å²) >= 11 is 3.56. The SMILES string of the molecule is Cc1cc(Oc2cc(CNC(C)C)ccn2)cc(C)c1Br. The average Bonchev–Trinajstić information content (AvgIpc) is 2.43. The number of benzene rings is 1. The maximum absolute atomic E-state index is 5.88. The fourth-order valence-corrected chi connectivity index (χ4v) is 2.25. The highest BCUT2D eigenvalue weighted by atomic mass is 79.9. The van der Waals surface area contributed by atoms with Crippen molar-refractivity contribution in [3.05, 3.63) is 51.6 Å². The van der Waals surface area contributed by atoms with Crippen LogP contribution in [0.5, 0.6) is 11.6 Å². The van der Waals surface area contributed by atoms with E-state index in [4.69, 9.17) is 4.74 Å². The minimum atomic E-state index is 0.458. The predicted molar refractivity (Wildman–Crippen MR) is 89.9 cm³/mol. The molecule has 1 heterocycles. The zero-order valence-corrected chi connectivity index (χ0v) is 14.5. The number of nitrogens with one attached hydrogen (secondary N) is 1. The molecule has 0 unspecified atom stereocenters. The number of aromatic nitrogens is 1. The van der Waals surface area contributed by atoms with Crippen LogP contribution < -0.4 is 10.1 Å². The van der Waals surface area contributed by atoms with Crippen LogP contribution in [0.4, 0.5) is 0 Å². The molecule has 0 aliphatic heterocycles. The maximum Gasteiger partial charge on any atom is 0.219 e. The van der Waals surface area contributed by atoms with E-state index in [0.717, 1.165) is 27.9 Å². The van der Waals surface area contributed by atoms with Crippen LogP contribution in [0, 0.1) is 13.8 Å². The second-order valence-corrected chi connectivity index (χ2v) is 6.30. The lowest BCUT2D eigenvalue weighted by molar-refractivity contribution is 0.460. The van der Waals surface area contributed by atoms with Crippen molar-refractivity contribution in [2.24, 2.45) is 0 Å². The molecular weight excluding hydrogens is 328 g/mol. The summed E-state index contributed by atoms with van der Waals surface area (Å²) < 4.78 is 7.01. The Morgan fingerprint density at radius 3 is 2.48 bits per heavy atom. The lowest BCUT2D eigenvalue weighted by atomic mass is 10.1. The first-order valence-corrected chi connectivity index (χ1v) is 7.88. The number of hydrogen-bond donors (Lipinski definition) is 1. The summed E-state index contributed by atoms with van der Waals surface area (Å²) in [5.41, 5.74) is 3.48. The molecule has 0 radical (unpaired) electrons. The van der Waals surface area contributed by atoms with Crippen molar-refractivity contribution in [1.29, 1.82) is 0 Å². The number of halogens is 1. The number of nitrogens with zero attached hydrogens (tertiary/aromatic N) is 1. The third kappa shape index (κ3) is 4.55. The first-order chi connectivity index (χ1) is 9.95. The number of ether oxygens (including phenoxy) is 1. The topological polar surface area (TPSA) is 34.1 Å². The summed E-state index contributed by atoms with van der Waals surface area (Å²) in [6, 6.07) is 8.46. The molecule has 21 heavy (non-hydrogen) atoms. The van der Waals surface area contributed by atoms with E-state index in [1.54, 1.807) is 6.20 Å². The molecule has 0 bridgehead atoms. The first-order valence-electron chi connectivity index (χ1n) is 7.08. The number of pyridine rings is 1. The van der Waals surface area contributed by atoms with Gasteiger partial charge in [-0.1, -0.05) is 29.8 Å². The first kappa shape index (κ1) is 16.0. The largest absolute Gasteiger partial charge is 0.439 e. The molecular formula is C17H21BrN2O. The van der Waals surface area contributed by atoms with Crippen LogP contribution in [0.15, 0.2) is 34.9 Å². The van der Waals surface area contributed by atoms with Gasteiger partial charge >= 0.3 is 0 Å². The smallest absolute Gasteiger partial charge is 0.219 e. The number of rotatable bonds is 5. The van der Waals surface area contributed by atoms with Crippen LogP contribution in [0.3, 0.4) is 0 Å². The highest BCUT2D eigenvalue weighted by Gasteiger charge is 2.06. The molecule has 4 heteroatoms. The molecule has 0 saturated heterocycles. The van der Waals surface area contributed by atoms with Crippen molar-refractivity contribution in [2.45, 2.75) is 40.3 Å². The third-order valence-electron chi connectivity index (χ3n) is 3.15. The van der Waals surface area contributed by atoms with E-state index in [1.165, 1.54) is 5.56 Å². The highest BCUT2D eigenvalue weighted by Crippen LogP contribution is 2.28. The van der Waals surface area contributed by atoms with Gasteiger partial charge in [0.05, 0.1) is 0 Å². The minimum absolute atomic E-state index is 0.458. The van der Waals surface area contributed by atoms with E-state index in [2.05, 4.69) is 53.9 Å². The van der Waals surface area contributed by atoms with Crippen LogP contribution in [0.25, 0.3) is 0 Å². The van der Waals surface area contributed by atoms with E-state index in [0.29, 0.717) is 11.9 Å². The average molecular weight is 349 g/mol. The monoisotopic (exact) mass is 348 g/mol. The molecule has 2 rings (SSSR count). The molecule has 0 atom stereocenters. The van der Waals surface area contributed by atoms with Gasteiger partial charge in [-0.15, -0.1) is 0 Å². The summed E-state index contributed by atoms with van der Waals surface area (Å²) in [6.07, 6.45) is 1.78. The molecule has 0 saturated carbocycles. The van der Waals surface area contributed by atoms with Crippen LogP contribution in [-0.4, -0.2) is 11.0 Å². The maximum atomic E-state index is 5.88. The number of aryl methyl sites for hydroxylation is 2. The van der Waals surface area contributed by atoms with Gasteiger partial charge in [-0.3, -0.25) is 0 Å². The van der Waals surface area contributed by atoms with Gasteiger partial charge in [-0.25, -0.2) is 4.98 Å². The van der Waals surface area contributed by atoms with Gasteiger partial charge in [-0.05, 0) is 48.7 Å². The molecule has 1 N–H and O–H groups in total. The van der Waals surface area contributed by atoms with Crippen molar-refractivity contribution in [1.82, 2.24) is 10.3 Å². The Bertz CT molecular complexity index is 603. The Labute approximate surface area is 134 Å². The van der Waals surface area contributed by atoms with E-state index >= 15 is 0 Å². The summed E-state index contributed by atoms with van der Waals surface area (Å²) in [6.45, 7) is 9.19. The second-order valence-electron chi connectivity index (χ2n) is 5.51. The molecule has 1 aromatic carbocycles. The summed E-state index contributed by atoms with van der Waals surface area (Å²) in [5, 5.41) is 3.39. The number of hydrogen-bond acceptors (Lipinski definition) is 3. The van der Waals surface area contributed by atoms with E-state index in [-0.39, 0.29) is 0 Å². The van der Waals surface area contributed by atoms with Gasteiger partial charge < -0.3 is 10.1 Å². The molecule has 0 spiro atoms. The van der Waals surface area contributed by atoms with Gasteiger partial charge in [0.25, 0.3) is 0 Å². The third-order valence-corrected chi connectivity index (χ3v) is 4.40. The molecule has 1 aromatic heterocycles. The van der Waals surface area contributed by atoms with Gasteiger partial charge in [0.2, 0.25) is 5.88 Å². The standard InChI is InChI=1S/C17H21BrN2O/c1-11(2)20-10-14-5-6-19-16(9-14)21-15-7-12(3)17(18)13(4)8-15/h5-9,11,20H,10H2,1-4H3. The van der Waals surface area contributed by atoms with Gasteiger partial charge in [0, 0.05) is 29.3 Å². The Morgan fingerprint density at radius 2 is 1.86 bits per heavy atom. The highest BCUT2D eigenvalue weighted by molar-refractivity contribution is 9.10. The van der Waals surface area contributed by atoms with Crippen LogP contribution in [0.1, 0.15) is 30.5 Å². The normalized spacial score (nSPS) is 11.0. The van der Waals surface area contributed by atoms with Crippen molar-refractivity contribution in [3.8, 4) is 11.6 Å². The summed E-state index contributed by atoms with van der Waals surface area (Å²) in [5.74, 6) is 1.44. The van der Waals surface area contributed by atoms with Crippen molar-refractivity contribution in [3.63, 3.8) is 0 Å². The molecule has 0 aliphatic rings. The second kappa shape index (κ2) is 7.05. The van der Waals surface area contributed by atoms with E-state index in [1.807, 2.05) is 24.3 Å². The van der Waals surface area contributed by atoms with Crippen LogP contribution >= 0.6 is 15.9 Å². The van der Waals surface area contributed by atoms with Crippen molar-refractivity contribution in [2.75, 3.05) is 0 Å². The zero-order valence-electron chi connectivity index (χ0n) is 12.9. The lowest BCUT2D eigenvalue weighted by Crippen LogP contribution is -2.21. The van der Waals surface area contributed by atoms with E-state index in [9.17, 15) is 0 Å².